The minimum absolute atomic E-state index is 0.116. The van der Waals surface area contributed by atoms with Gasteiger partial charge in [-0.2, -0.15) is 0 Å². The van der Waals surface area contributed by atoms with Crippen molar-refractivity contribution in [2.24, 2.45) is 5.92 Å². The number of hydrogen-bond acceptors (Lipinski definition) is 5. The number of aromatic nitrogens is 4. The van der Waals surface area contributed by atoms with Crippen LogP contribution in [0, 0.1) is 5.92 Å². The number of anilines is 1. The zero-order valence-corrected chi connectivity index (χ0v) is 22.1. The molecule has 1 aliphatic rings. The topological polar surface area (TPSA) is 111 Å². The molecule has 2 amide bonds. The highest BCUT2D eigenvalue weighted by atomic mass is 16.2. The van der Waals surface area contributed by atoms with Gasteiger partial charge in [-0.05, 0) is 62.1 Å². The van der Waals surface area contributed by atoms with Crippen LogP contribution in [0.25, 0.3) is 16.7 Å². The number of amides is 2. The standard InChI is InChI=1S/C28H32N6O4/c1-17(2)15-29-25(36)20-9-12-22-23(14-20)34-27(33(18(3)4)26(22)37)30-32(28(34)38)16-19-7-10-21(11-8-19)31-13-5-6-24(31)35/h7-12,14,17-18H,5-6,13,15-16H2,1-4H3,(H,29,36). The Hall–Kier alpha value is -4.21. The molecule has 0 unspecified atom stereocenters. The van der Waals surface area contributed by atoms with Crippen molar-refractivity contribution in [3.05, 3.63) is 74.4 Å². The monoisotopic (exact) mass is 516 g/mol. The van der Waals surface area contributed by atoms with Crippen molar-refractivity contribution >= 4 is 34.2 Å². The van der Waals surface area contributed by atoms with Gasteiger partial charge in [0.25, 0.3) is 11.5 Å². The van der Waals surface area contributed by atoms with Gasteiger partial charge in [0.15, 0.2) is 0 Å². The lowest BCUT2D eigenvalue weighted by atomic mass is 10.1. The molecule has 10 heteroatoms. The summed E-state index contributed by atoms with van der Waals surface area (Å²) in [6.07, 6.45) is 1.41. The molecular formula is C28H32N6O4. The van der Waals surface area contributed by atoms with Gasteiger partial charge in [0.05, 0.1) is 17.4 Å². The highest BCUT2D eigenvalue weighted by Gasteiger charge is 2.22. The van der Waals surface area contributed by atoms with Crippen LogP contribution >= 0.6 is 0 Å². The summed E-state index contributed by atoms with van der Waals surface area (Å²) in [5, 5.41) is 7.77. The van der Waals surface area contributed by atoms with E-state index in [0.29, 0.717) is 36.0 Å². The Balaban J connectivity index is 1.59. The Labute approximate surface area is 219 Å². The van der Waals surface area contributed by atoms with E-state index < -0.39 is 5.69 Å². The quantitative estimate of drug-likeness (QED) is 0.406. The van der Waals surface area contributed by atoms with Gasteiger partial charge in [-0.15, -0.1) is 5.10 Å². The highest BCUT2D eigenvalue weighted by Crippen LogP contribution is 2.22. The Morgan fingerprint density at radius 2 is 1.76 bits per heavy atom. The Morgan fingerprint density at radius 1 is 1.03 bits per heavy atom. The summed E-state index contributed by atoms with van der Waals surface area (Å²) in [5.74, 6) is 0.362. The lowest BCUT2D eigenvalue weighted by Gasteiger charge is -2.15. The zero-order valence-electron chi connectivity index (χ0n) is 22.1. The molecule has 1 saturated heterocycles. The Kier molecular flexibility index (Phi) is 6.64. The van der Waals surface area contributed by atoms with Gasteiger partial charge in [-0.3, -0.25) is 19.0 Å². The summed E-state index contributed by atoms with van der Waals surface area (Å²) in [4.78, 5) is 53.6. The molecule has 198 valence electrons. The number of benzene rings is 2. The average Bonchev–Trinajstić information content (AvgIpc) is 3.45. The minimum Gasteiger partial charge on any atom is -0.352 e. The largest absolute Gasteiger partial charge is 0.352 e. The number of carbonyl (C=O) groups excluding carboxylic acids is 2. The van der Waals surface area contributed by atoms with Crippen LogP contribution in [-0.2, 0) is 11.3 Å². The first kappa shape index (κ1) is 25.4. The molecule has 38 heavy (non-hydrogen) atoms. The van der Waals surface area contributed by atoms with Gasteiger partial charge >= 0.3 is 5.69 Å². The van der Waals surface area contributed by atoms with Crippen molar-refractivity contribution in [3.63, 3.8) is 0 Å². The second-order valence-electron chi connectivity index (χ2n) is 10.5. The van der Waals surface area contributed by atoms with Gasteiger partial charge in [0, 0.05) is 36.8 Å². The number of carbonyl (C=O) groups is 2. The number of nitrogens with one attached hydrogen (secondary N) is 1. The summed E-state index contributed by atoms with van der Waals surface area (Å²) in [6.45, 7) is 9.16. The Morgan fingerprint density at radius 3 is 2.39 bits per heavy atom. The number of hydrogen-bond donors (Lipinski definition) is 1. The van der Waals surface area contributed by atoms with E-state index in [-0.39, 0.29) is 41.7 Å². The van der Waals surface area contributed by atoms with E-state index in [1.54, 1.807) is 23.1 Å². The van der Waals surface area contributed by atoms with Crippen LogP contribution in [-0.4, -0.2) is 43.7 Å². The fraction of sp³-hybridized carbons (Fsp3) is 0.393. The van der Waals surface area contributed by atoms with Gasteiger partial charge < -0.3 is 10.2 Å². The molecule has 2 aromatic carbocycles. The van der Waals surface area contributed by atoms with Crippen LogP contribution in [0.4, 0.5) is 5.69 Å². The third-order valence-electron chi connectivity index (χ3n) is 6.83. The fourth-order valence-corrected chi connectivity index (χ4v) is 4.87. The lowest BCUT2D eigenvalue weighted by molar-refractivity contribution is -0.117. The number of rotatable bonds is 7. The first-order valence-corrected chi connectivity index (χ1v) is 13.0. The summed E-state index contributed by atoms with van der Waals surface area (Å²) < 4.78 is 4.24. The maximum atomic E-state index is 13.6. The van der Waals surface area contributed by atoms with Gasteiger partial charge in [0.1, 0.15) is 0 Å². The minimum atomic E-state index is -0.405. The van der Waals surface area contributed by atoms with E-state index in [0.717, 1.165) is 17.7 Å². The third-order valence-corrected chi connectivity index (χ3v) is 6.83. The van der Waals surface area contributed by atoms with Crippen molar-refractivity contribution in [2.75, 3.05) is 18.0 Å². The molecule has 2 aromatic heterocycles. The van der Waals surface area contributed by atoms with Crippen molar-refractivity contribution in [1.29, 1.82) is 0 Å². The SMILES string of the molecule is CC(C)CNC(=O)c1ccc2c(=O)n(C(C)C)c3nn(Cc4ccc(N5CCCC5=O)cc4)c(=O)n3c2c1. The first-order chi connectivity index (χ1) is 18.2. The van der Waals surface area contributed by atoms with Crippen LogP contribution in [0.5, 0.6) is 0 Å². The molecule has 0 radical (unpaired) electrons. The van der Waals surface area contributed by atoms with E-state index >= 15 is 0 Å². The van der Waals surface area contributed by atoms with Gasteiger partial charge in [0.2, 0.25) is 11.7 Å². The van der Waals surface area contributed by atoms with Crippen molar-refractivity contribution in [3.8, 4) is 0 Å². The Bertz CT molecular complexity index is 1660. The average molecular weight is 517 g/mol. The fourth-order valence-electron chi connectivity index (χ4n) is 4.87. The van der Waals surface area contributed by atoms with Crippen LogP contribution in [0.3, 0.4) is 0 Å². The number of fused-ring (bicyclic) bond motifs is 3. The molecule has 1 fully saturated rings. The molecular weight excluding hydrogens is 484 g/mol. The van der Waals surface area contributed by atoms with Crippen molar-refractivity contribution in [2.45, 2.75) is 53.1 Å². The number of nitrogens with zero attached hydrogens (tertiary/aromatic N) is 5. The summed E-state index contributed by atoms with van der Waals surface area (Å²) >= 11 is 0. The highest BCUT2D eigenvalue weighted by molar-refractivity contribution is 5.98. The van der Waals surface area contributed by atoms with Crippen LogP contribution < -0.4 is 21.5 Å². The third kappa shape index (κ3) is 4.51. The molecule has 5 rings (SSSR count). The van der Waals surface area contributed by atoms with Gasteiger partial charge in [-0.1, -0.05) is 26.0 Å². The molecule has 4 aromatic rings. The second-order valence-corrected chi connectivity index (χ2v) is 10.5. The molecule has 0 bridgehead atoms. The lowest BCUT2D eigenvalue weighted by Crippen LogP contribution is -2.29. The summed E-state index contributed by atoms with van der Waals surface area (Å²) in [6, 6.07) is 12.1. The molecule has 10 nitrogen and oxygen atoms in total. The van der Waals surface area contributed by atoms with Crippen LogP contribution in [0.15, 0.2) is 52.1 Å². The van der Waals surface area contributed by atoms with E-state index in [1.165, 1.54) is 13.6 Å². The first-order valence-electron chi connectivity index (χ1n) is 13.0. The smallest absolute Gasteiger partial charge is 0.352 e. The van der Waals surface area contributed by atoms with Crippen LogP contribution in [0.1, 0.15) is 62.5 Å². The zero-order chi connectivity index (χ0) is 27.1. The molecule has 1 aliphatic heterocycles. The molecule has 3 heterocycles. The molecule has 0 atom stereocenters. The summed E-state index contributed by atoms with van der Waals surface area (Å²) in [5.41, 5.74) is 1.71. The van der Waals surface area contributed by atoms with Crippen molar-refractivity contribution < 1.29 is 9.59 Å². The second kappa shape index (κ2) is 9.92. The maximum absolute atomic E-state index is 13.6. The molecule has 0 saturated carbocycles. The van der Waals surface area contributed by atoms with Gasteiger partial charge in [-0.25, -0.2) is 13.9 Å². The van der Waals surface area contributed by atoms with E-state index in [2.05, 4.69) is 10.4 Å². The van der Waals surface area contributed by atoms with E-state index in [1.807, 2.05) is 52.0 Å². The molecule has 1 N–H and O–H groups in total. The predicted octanol–water partition coefficient (Wildman–Crippen LogP) is 2.95. The maximum Gasteiger partial charge on any atom is 0.352 e. The predicted molar refractivity (Wildman–Crippen MR) is 146 cm³/mol. The summed E-state index contributed by atoms with van der Waals surface area (Å²) in [7, 11) is 0. The normalized spacial score (nSPS) is 13.9. The van der Waals surface area contributed by atoms with Crippen molar-refractivity contribution in [1.82, 2.24) is 24.1 Å². The van der Waals surface area contributed by atoms with E-state index in [9.17, 15) is 19.2 Å². The van der Waals surface area contributed by atoms with E-state index in [4.69, 9.17) is 0 Å². The molecule has 0 aliphatic carbocycles. The van der Waals surface area contributed by atoms with Crippen LogP contribution in [0.2, 0.25) is 0 Å². The molecule has 0 spiro atoms.